The highest BCUT2D eigenvalue weighted by Gasteiger charge is 2.35. The van der Waals surface area contributed by atoms with E-state index in [2.05, 4.69) is 21.2 Å². The van der Waals surface area contributed by atoms with Crippen LogP contribution in [0.4, 0.5) is 0 Å². The van der Waals surface area contributed by atoms with Crippen molar-refractivity contribution in [2.24, 2.45) is 5.92 Å². The van der Waals surface area contributed by atoms with Gasteiger partial charge in [0.05, 0.1) is 11.3 Å². The molecule has 0 heterocycles. The SMILES string of the molecule is CC(C)(C(=O)N[C@H]1CC[C@@H](C(=O)O)C1)c1cccc(Br)c1. The Labute approximate surface area is 133 Å². The van der Waals surface area contributed by atoms with Gasteiger partial charge in [-0.05, 0) is 50.8 Å². The van der Waals surface area contributed by atoms with Crippen molar-refractivity contribution >= 4 is 27.8 Å². The minimum Gasteiger partial charge on any atom is -0.481 e. The van der Waals surface area contributed by atoms with E-state index in [0.29, 0.717) is 12.8 Å². The third kappa shape index (κ3) is 3.64. The summed E-state index contributed by atoms with van der Waals surface area (Å²) < 4.78 is 0.938. The van der Waals surface area contributed by atoms with Gasteiger partial charge in [0.2, 0.25) is 5.91 Å². The Morgan fingerprint density at radius 1 is 1.33 bits per heavy atom. The molecule has 1 aromatic rings. The number of benzene rings is 1. The van der Waals surface area contributed by atoms with Crippen molar-refractivity contribution in [1.82, 2.24) is 5.32 Å². The number of carbonyl (C=O) groups excluding carboxylic acids is 1. The highest BCUT2D eigenvalue weighted by Crippen LogP contribution is 2.29. The maximum Gasteiger partial charge on any atom is 0.306 e. The maximum absolute atomic E-state index is 12.5. The number of amides is 1. The first-order valence-electron chi connectivity index (χ1n) is 7.10. The van der Waals surface area contributed by atoms with Crippen LogP contribution < -0.4 is 5.32 Å². The van der Waals surface area contributed by atoms with Crippen molar-refractivity contribution in [3.8, 4) is 0 Å². The zero-order valence-corrected chi connectivity index (χ0v) is 13.8. The molecular formula is C16H20BrNO3. The summed E-state index contributed by atoms with van der Waals surface area (Å²) in [6.07, 6.45) is 1.89. The average molecular weight is 354 g/mol. The van der Waals surface area contributed by atoms with Gasteiger partial charge in [-0.3, -0.25) is 9.59 Å². The van der Waals surface area contributed by atoms with Crippen molar-refractivity contribution < 1.29 is 14.7 Å². The molecule has 1 aliphatic rings. The number of nitrogens with one attached hydrogen (secondary N) is 1. The molecule has 1 fully saturated rings. The molecule has 0 aromatic heterocycles. The molecule has 1 aromatic carbocycles. The monoisotopic (exact) mass is 353 g/mol. The molecule has 2 N–H and O–H groups in total. The number of hydrogen-bond acceptors (Lipinski definition) is 2. The number of aliphatic carboxylic acids is 1. The van der Waals surface area contributed by atoms with Gasteiger partial charge in [-0.1, -0.05) is 28.1 Å². The number of halogens is 1. The van der Waals surface area contributed by atoms with E-state index in [1.807, 2.05) is 38.1 Å². The molecule has 1 amide bonds. The fraction of sp³-hybridized carbons (Fsp3) is 0.500. The van der Waals surface area contributed by atoms with Crippen molar-refractivity contribution in [3.05, 3.63) is 34.3 Å². The molecule has 4 nitrogen and oxygen atoms in total. The fourth-order valence-corrected chi connectivity index (χ4v) is 3.11. The van der Waals surface area contributed by atoms with Crippen LogP contribution in [0.2, 0.25) is 0 Å². The highest BCUT2D eigenvalue weighted by molar-refractivity contribution is 9.10. The third-order valence-corrected chi connectivity index (χ3v) is 4.72. The lowest BCUT2D eigenvalue weighted by Gasteiger charge is -2.26. The van der Waals surface area contributed by atoms with Crippen LogP contribution in [0, 0.1) is 5.92 Å². The number of carboxylic acids is 1. The molecule has 114 valence electrons. The van der Waals surface area contributed by atoms with Crippen LogP contribution in [0.3, 0.4) is 0 Å². The maximum atomic E-state index is 12.5. The van der Waals surface area contributed by atoms with Crippen molar-refractivity contribution in [2.75, 3.05) is 0 Å². The smallest absolute Gasteiger partial charge is 0.306 e. The second-order valence-electron chi connectivity index (χ2n) is 6.15. The Hall–Kier alpha value is -1.36. The van der Waals surface area contributed by atoms with Gasteiger partial charge in [0, 0.05) is 10.5 Å². The molecule has 21 heavy (non-hydrogen) atoms. The van der Waals surface area contributed by atoms with E-state index >= 15 is 0 Å². The van der Waals surface area contributed by atoms with E-state index in [1.54, 1.807) is 0 Å². The van der Waals surface area contributed by atoms with Crippen LogP contribution in [-0.2, 0) is 15.0 Å². The van der Waals surface area contributed by atoms with Crippen molar-refractivity contribution in [2.45, 2.75) is 44.6 Å². The summed E-state index contributed by atoms with van der Waals surface area (Å²) in [5, 5.41) is 12.0. The predicted octanol–water partition coefficient (Wildman–Crippen LogP) is 3.10. The van der Waals surface area contributed by atoms with Crippen LogP contribution in [0.25, 0.3) is 0 Å². The number of carboxylic acid groups (broad SMARTS) is 1. The Morgan fingerprint density at radius 2 is 2.05 bits per heavy atom. The fourth-order valence-electron chi connectivity index (χ4n) is 2.71. The molecule has 5 heteroatoms. The second-order valence-corrected chi connectivity index (χ2v) is 7.07. The summed E-state index contributed by atoms with van der Waals surface area (Å²) in [6.45, 7) is 3.77. The van der Waals surface area contributed by atoms with Crippen LogP contribution in [0.15, 0.2) is 28.7 Å². The van der Waals surface area contributed by atoms with Crippen LogP contribution in [-0.4, -0.2) is 23.0 Å². The first-order chi connectivity index (χ1) is 9.80. The van der Waals surface area contributed by atoms with E-state index < -0.39 is 11.4 Å². The first kappa shape index (κ1) is 16.0. The predicted molar refractivity (Wildman–Crippen MR) is 84.1 cm³/mol. The molecule has 0 unspecified atom stereocenters. The van der Waals surface area contributed by atoms with E-state index in [9.17, 15) is 9.59 Å². The molecule has 2 atom stereocenters. The lowest BCUT2D eigenvalue weighted by atomic mass is 9.83. The normalized spacial score (nSPS) is 22.0. The van der Waals surface area contributed by atoms with Gasteiger partial charge in [-0.15, -0.1) is 0 Å². The first-order valence-corrected chi connectivity index (χ1v) is 7.90. The average Bonchev–Trinajstić information content (AvgIpc) is 2.87. The summed E-state index contributed by atoms with van der Waals surface area (Å²) in [5.41, 5.74) is 0.285. The molecule has 0 saturated heterocycles. The van der Waals surface area contributed by atoms with Crippen molar-refractivity contribution in [3.63, 3.8) is 0 Å². The Bertz CT molecular complexity index is 556. The molecule has 1 saturated carbocycles. The summed E-state index contributed by atoms with van der Waals surface area (Å²) in [5.74, 6) is -1.15. The van der Waals surface area contributed by atoms with Gasteiger partial charge in [0.1, 0.15) is 0 Å². The Kier molecular flexibility index (Phi) is 4.71. The topological polar surface area (TPSA) is 66.4 Å². The van der Waals surface area contributed by atoms with Crippen LogP contribution in [0.5, 0.6) is 0 Å². The second kappa shape index (κ2) is 6.18. The van der Waals surface area contributed by atoms with Crippen LogP contribution in [0.1, 0.15) is 38.7 Å². The van der Waals surface area contributed by atoms with E-state index in [1.165, 1.54) is 0 Å². The van der Waals surface area contributed by atoms with Gasteiger partial charge in [0.25, 0.3) is 0 Å². The van der Waals surface area contributed by atoms with Crippen LogP contribution >= 0.6 is 15.9 Å². The zero-order valence-electron chi connectivity index (χ0n) is 12.2. The minimum absolute atomic E-state index is 0.0370. The summed E-state index contributed by atoms with van der Waals surface area (Å²) >= 11 is 3.42. The van der Waals surface area contributed by atoms with E-state index in [0.717, 1.165) is 16.5 Å². The third-order valence-electron chi connectivity index (χ3n) is 4.23. The molecule has 0 radical (unpaired) electrons. The lowest BCUT2D eigenvalue weighted by molar-refractivity contribution is -0.141. The van der Waals surface area contributed by atoms with E-state index in [4.69, 9.17) is 5.11 Å². The highest BCUT2D eigenvalue weighted by atomic mass is 79.9. The minimum atomic E-state index is -0.766. The molecular weight excluding hydrogens is 334 g/mol. The van der Waals surface area contributed by atoms with Crippen molar-refractivity contribution in [1.29, 1.82) is 0 Å². The number of hydrogen-bond donors (Lipinski definition) is 2. The number of carbonyl (C=O) groups is 2. The number of rotatable bonds is 4. The Morgan fingerprint density at radius 3 is 2.62 bits per heavy atom. The van der Waals surface area contributed by atoms with Gasteiger partial charge in [-0.2, -0.15) is 0 Å². The van der Waals surface area contributed by atoms with Gasteiger partial charge < -0.3 is 10.4 Å². The summed E-state index contributed by atoms with van der Waals surface area (Å²) in [4.78, 5) is 23.5. The standard InChI is InChI=1S/C16H20BrNO3/c1-16(2,11-4-3-5-12(17)9-11)15(21)18-13-7-6-10(8-13)14(19)20/h3-5,9-10,13H,6-8H2,1-2H3,(H,18,21)(H,19,20)/t10-,13+/m1/s1. The molecule has 0 aliphatic heterocycles. The van der Waals surface area contributed by atoms with Gasteiger partial charge in [0.15, 0.2) is 0 Å². The largest absolute Gasteiger partial charge is 0.481 e. The zero-order chi connectivity index (χ0) is 15.6. The molecule has 0 spiro atoms. The summed E-state index contributed by atoms with van der Waals surface area (Å²) in [7, 11) is 0. The molecule has 0 bridgehead atoms. The van der Waals surface area contributed by atoms with Gasteiger partial charge >= 0.3 is 5.97 Å². The van der Waals surface area contributed by atoms with Gasteiger partial charge in [-0.25, -0.2) is 0 Å². The summed E-state index contributed by atoms with van der Waals surface area (Å²) in [6, 6.07) is 7.66. The lowest BCUT2D eigenvalue weighted by Crippen LogP contribution is -2.44. The molecule has 1 aliphatic carbocycles. The molecule has 2 rings (SSSR count). The quantitative estimate of drug-likeness (QED) is 0.873. The van der Waals surface area contributed by atoms with E-state index in [-0.39, 0.29) is 17.9 Å². The Balaban J connectivity index is 2.04.